The number of carbonyl (C=O) groups excluding carboxylic acids is 1. The first-order valence-corrected chi connectivity index (χ1v) is 9.31. The number of carbonyl (C=O) groups is 1. The van der Waals surface area contributed by atoms with Crippen molar-refractivity contribution >= 4 is 6.09 Å². The second-order valence-electron chi connectivity index (χ2n) is 7.87. The van der Waals surface area contributed by atoms with E-state index >= 15 is 0 Å². The SMILES string of the molecule is CC(C)(C)OC(=O)NC[C@H]1CCOc2c(-c3ccnc(C(F)(F)F)c3)cccc21. The summed E-state index contributed by atoms with van der Waals surface area (Å²) in [5.41, 5.74) is 0.242. The summed E-state index contributed by atoms with van der Waals surface area (Å²) in [4.78, 5) is 15.4. The molecule has 0 unspecified atom stereocenters. The molecule has 0 radical (unpaired) electrons. The number of halogens is 3. The minimum atomic E-state index is -4.52. The summed E-state index contributed by atoms with van der Waals surface area (Å²) in [6, 6.07) is 7.90. The third-order valence-electron chi connectivity index (χ3n) is 4.45. The molecule has 0 saturated carbocycles. The fourth-order valence-electron chi connectivity index (χ4n) is 3.21. The van der Waals surface area contributed by atoms with Crippen LogP contribution in [0.25, 0.3) is 11.1 Å². The Balaban J connectivity index is 1.85. The Bertz CT molecular complexity index is 891. The number of alkyl carbamates (subject to hydrolysis) is 1. The van der Waals surface area contributed by atoms with Crippen molar-refractivity contribution in [3.8, 4) is 16.9 Å². The molecule has 1 atom stereocenters. The minimum absolute atomic E-state index is 0.0323. The van der Waals surface area contributed by atoms with E-state index in [0.717, 1.165) is 17.8 Å². The fraction of sp³-hybridized carbons (Fsp3) is 0.429. The topological polar surface area (TPSA) is 60.5 Å². The van der Waals surface area contributed by atoms with Gasteiger partial charge in [0, 0.05) is 24.2 Å². The van der Waals surface area contributed by atoms with Crippen LogP contribution in [0, 0.1) is 0 Å². The second-order valence-corrected chi connectivity index (χ2v) is 7.87. The molecule has 2 heterocycles. The molecule has 0 fully saturated rings. The molecule has 8 heteroatoms. The average Bonchev–Trinajstić information content (AvgIpc) is 2.64. The molecule has 1 amide bonds. The first-order valence-electron chi connectivity index (χ1n) is 9.31. The first-order chi connectivity index (χ1) is 13.5. The monoisotopic (exact) mass is 408 g/mol. The van der Waals surface area contributed by atoms with Gasteiger partial charge in [0.15, 0.2) is 0 Å². The average molecular weight is 408 g/mol. The summed E-state index contributed by atoms with van der Waals surface area (Å²) in [5, 5.41) is 2.76. The molecule has 1 aliphatic heterocycles. The molecule has 0 saturated heterocycles. The lowest BCUT2D eigenvalue weighted by Crippen LogP contribution is -2.35. The maximum atomic E-state index is 13.0. The van der Waals surface area contributed by atoms with Gasteiger partial charge >= 0.3 is 12.3 Å². The number of amides is 1. The molecule has 2 aromatic rings. The van der Waals surface area contributed by atoms with E-state index < -0.39 is 23.6 Å². The van der Waals surface area contributed by atoms with Crippen molar-refractivity contribution in [1.29, 1.82) is 0 Å². The van der Waals surface area contributed by atoms with Crippen LogP contribution in [-0.2, 0) is 10.9 Å². The van der Waals surface area contributed by atoms with Crippen molar-refractivity contribution in [2.45, 2.75) is 44.9 Å². The van der Waals surface area contributed by atoms with Gasteiger partial charge in [-0.25, -0.2) is 4.79 Å². The highest BCUT2D eigenvalue weighted by molar-refractivity contribution is 5.73. The number of fused-ring (bicyclic) bond motifs is 1. The molecule has 5 nitrogen and oxygen atoms in total. The smallest absolute Gasteiger partial charge is 0.433 e. The van der Waals surface area contributed by atoms with E-state index in [2.05, 4.69) is 10.3 Å². The summed E-state index contributed by atoms with van der Waals surface area (Å²) in [6.45, 7) is 6.10. The van der Waals surface area contributed by atoms with Crippen molar-refractivity contribution < 1.29 is 27.4 Å². The maximum Gasteiger partial charge on any atom is 0.433 e. The molecule has 1 N–H and O–H groups in total. The molecular formula is C21H23F3N2O3. The number of nitrogens with zero attached hydrogens (tertiary/aromatic N) is 1. The largest absolute Gasteiger partial charge is 0.493 e. The van der Waals surface area contributed by atoms with Crippen LogP contribution in [0.4, 0.5) is 18.0 Å². The molecule has 0 spiro atoms. The Labute approximate surface area is 167 Å². The fourth-order valence-corrected chi connectivity index (χ4v) is 3.21. The maximum absolute atomic E-state index is 13.0. The Hall–Kier alpha value is -2.77. The van der Waals surface area contributed by atoms with Crippen LogP contribution >= 0.6 is 0 Å². The van der Waals surface area contributed by atoms with Gasteiger partial charge in [-0.3, -0.25) is 4.98 Å². The van der Waals surface area contributed by atoms with Gasteiger partial charge in [-0.15, -0.1) is 0 Å². The van der Waals surface area contributed by atoms with Crippen molar-refractivity contribution in [3.05, 3.63) is 47.8 Å². The predicted octanol–water partition coefficient (Wildman–Crippen LogP) is 5.16. The van der Waals surface area contributed by atoms with E-state index in [1.165, 1.54) is 6.07 Å². The molecule has 0 aliphatic carbocycles. The van der Waals surface area contributed by atoms with Crippen LogP contribution in [0.2, 0.25) is 0 Å². The number of benzene rings is 1. The van der Waals surface area contributed by atoms with E-state index in [0.29, 0.717) is 36.4 Å². The number of hydrogen-bond donors (Lipinski definition) is 1. The predicted molar refractivity (Wildman–Crippen MR) is 102 cm³/mol. The summed E-state index contributed by atoms with van der Waals surface area (Å²) in [7, 11) is 0. The number of hydrogen-bond acceptors (Lipinski definition) is 4. The first kappa shape index (κ1) is 21.0. The van der Waals surface area contributed by atoms with E-state index in [1.54, 1.807) is 32.9 Å². The molecule has 29 heavy (non-hydrogen) atoms. The van der Waals surface area contributed by atoms with Crippen molar-refractivity contribution in [2.24, 2.45) is 0 Å². The highest BCUT2D eigenvalue weighted by Gasteiger charge is 2.33. The van der Waals surface area contributed by atoms with Crippen molar-refractivity contribution in [3.63, 3.8) is 0 Å². The standard InChI is InChI=1S/C21H23F3N2O3/c1-20(2,3)29-19(27)26-12-14-8-10-28-18-15(5-4-6-16(14)18)13-7-9-25-17(11-13)21(22,23)24/h4-7,9,11,14H,8,10,12H2,1-3H3,(H,26,27)/t14-/m1/s1. The lowest BCUT2D eigenvalue weighted by molar-refractivity contribution is -0.141. The van der Waals surface area contributed by atoms with Gasteiger partial charge in [0.25, 0.3) is 0 Å². The van der Waals surface area contributed by atoms with Crippen molar-refractivity contribution in [1.82, 2.24) is 10.3 Å². The number of rotatable bonds is 3. The van der Waals surface area contributed by atoms with E-state index in [1.807, 2.05) is 6.07 Å². The third-order valence-corrected chi connectivity index (χ3v) is 4.45. The number of nitrogens with one attached hydrogen (secondary N) is 1. The van der Waals surface area contributed by atoms with Gasteiger partial charge < -0.3 is 14.8 Å². The van der Waals surface area contributed by atoms with Gasteiger partial charge in [0.05, 0.1) is 6.61 Å². The molecular weight excluding hydrogens is 385 g/mol. The third kappa shape index (κ3) is 5.19. The van der Waals surface area contributed by atoms with E-state index in [4.69, 9.17) is 9.47 Å². The zero-order chi connectivity index (χ0) is 21.2. The quantitative estimate of drug-likeness (QED) is 0.762. The number of alkyl halides is 3. The number of aromatic nitrogens is 1. The summed E-state index contributed by atoms with van der Waals surface area (Å²) >= 11 is 0. The van der Waals surface area contributed by atoms with Crippen LogP contribution in [0.15, 0.2) is 36.5 Å². The van der Waals surface area contributed by atoms with E-state index in [9.17, 15) is 18.0 Å². The summed E-state index contributed by atoms with van der Waals surface area (Å²) < 4.78 is 50.2. The van der Waals surface area contributed by atoms with Gasteiger partial charge in [-0.2, -0.15) is 13.2 Å². The van der Waals surface area contributed by atoms with Gasteiger partial charge in [0.1, 0.15) is 17.0 Å². The van der Waals surface area contributed by atoms with E-state index in [-0.39, 0.29) is 5.92 Å². The zero-order valence-electron chi connectivity index (χ0n) is 16.5. The Kier molecular flexibility index (Phi) is 5.73. The lowest BCUT2D eigenvalue weighted by atomic mass is 9.89. The van der Waals surface area contributed by atoms with Crippen LogP contribution in [0.5, 0.6) is 5.75 Å². The Morgan fingerprint density at radius 2 is 2.03 bits per heavy atom. The van der Waals surface area contributed by atoms with Crippen LogP contribution in [0.1, 0.15) is 44.4 Å². The van der Waals surface area contributed by atoms with Gasteiger partial charge in [-0.1, -0.05) is 18.2 Å². The van der Waals surface area contributed by atoms with Gasteiger partial charge in [-0.05, 0) is 50.5 Å². The van der Waals surface area contributed by atoms with Crippen LogP contribution in [0.3, 0.4) is 0 Å². The molecule has 3 rings (SSSR count). The van der Waals surface area contributed by atoms with Crippen LogP contribution < -0.4 is 10.1 Å². The normalized spacial score (nSPS) is 16.6. The lowest BCUT2D eigenvalue weighted by Gasteiger charge is -2.28. The molecule has 1 aromatic carbocycles. The Morgan fingerprint density at radius 1 is 1.28 bits per heavy atom. The molecule has 1 aliphatic rings. The number of pyridine rings is 1. The van der Waals surface area contributed by atoms with Gasteiger partial charge in [0.2, 0.25) is 0 Å². The molecule has 0 bridgehead atoms. The Morgan fingerprint density at radius 3 is 2.72 bits per heavy atom. The second kappa shape index (κ2) is 7.93. The highest BCUT2D eigenvalue weighted by Crippen LogP contribution is 2.41. The summed E-state index contributed by atoms with van der Waals surface area (Å²) in [6.07, 6.45) is -3.21. The molecule has 1 aromatic heterocycles. The minimum Gasteiger partial charge on any atom is -0.493 e. The number of para-hydroxylation sites is 1. The van der Waals surface area contributed by atoms with Crippen LogP contribution in [-0.4, -0.2) is 29.8 Å². The molecule has 156 valence electrons. The van der Waals surface area contributed by atoms with Crippen molar-refractivity contribution in [2.75, 3.05) is 13.2 Å². The summed E-state index contributed by atoms with van der Waals surface area (Å²) in [5.74, 6) is 0.504. The zero-order valence-corrected chi connectivity index (χ0v) is 16.5. The number of ether oxygens (including phenoxy) is 2. The highest BCUT2D eigenvalue weighted by atomic mass is 19.4.